The van der Waals surface area contributed by atoms with Gasteiger partial charge in [-0.1, -0.05) is 12.1 Å². The lowest BCUT2D eigenvalue weighted by Crippen LogP contribution is -2.48. The maximum atomic E-state index is 11.1. The maximum absolute atomic E-state index is 11.1. The molecule has 0 N–H and O–H groups in total. The zero-order valence-corrected chi connectivity index (χ0v) is 8.36. The Balaban J connectivity index is 2.02. The number of hydrogen-bond donors (Lipinski definition) is 0. The molecule has 2 aliphatic rings. The van der Waals surface area contributed by atoms with Gasteiger partial charge in [-0.15, -0.1) is 0 Å². The van der Waals surface area contributed by atoms with Crippen LogP contribution < -0.4 is 4.74 Å². The Bertz CT molecular complexity index is 407. The number of benzene rings is 1. The first-order valence-electron chi connectivity index (χ1n) is 5.14. The van der Waals surface area contributed by atoms with Gasteiger partial charge in [0.05, 0.1) is 25.2 Å². The van der Waals surface area contributed by atoms with Crippen molar-refractivity contribution in [3.05, 3.63) is 29.3 Å². The Morgan fingerprint density at radius 2 is 2.20 bits per heavy atom. The Labute approximate surface area is 88.0 Å². The molecule has 1 saturated heterocycles. The summed E-state index contributed by atoms with van der Waals surface area (Å²) in [4.78, 5) is 11.1. The molecule has 3 heteroatoms. The van der Waals surface area contributed by atoms with Gasteiger partial charge in [0.2, 0.25) is 0 Å². The average molecular weight is 204 g/mol. The molecule has 2 aliphatic heterocycles. The Kier molecular flexibility index (Phi) is 1.83. The van der Waals surface area contributed by atoms with Crippen molar-refractivity contribution in [1.82, 2.24) is 0 Å². The fourth-order valence-electron chi connectivity index (χ4n) is 2.12. The first-order chi connectivity index (χ1) is 7.34. The van der Waals surface area contributed by atoms with Crippen LogP contribution in [0, 0.1) is 0 Å². The molecule has 2 heterocycles. The second-order valence-electron chi connectivity index (χ2n) is 4.19. The molecule has 1 aromatic rings. The average Bonchev–Trinajstić information content (AvgIpc) is 2.64. The molecule has 0 unspecified atom stereocenters. The molecule has 78 valence electrons. The Hall–Kier alpha value is -1.35. The maximum Gasteiger partial charge on any atom is 0.135 e. The fourth-order valence-corrected chi connectivity index (χ4v) is 2.12. The molecule has 0 spiro atoms. The van der Waals surface area contributed by atoms with E-state index in [0.29, 0.717) is 13.2 Å². The van der Waals surface area contributed by atoms with Crippen molar-refractivity contribution in [2.24, 2.45) is 0 Å². The third-order valence-corrected chi connectivity index (χ3v) is 3.21. The van der Waals surface area contributed by atoms with Gasteiger partial charge >= 0.3 is 0 Å². The van der Waals surface area contributed by atoms with E-state index >= 15 is 0 Å². The lowest BCUT2D eigenvalue weighted by Gasteiger charge is -2.37. The largest absolute Gasteiger partial charge is 0.493 e. The molecule has 3 nitrogen and oxygen atoms in total. The van der Waals surface area contributed by atoms with Gasteiger partial charge in [-0.2, -0.15) is 0 Å². The molecule has 0 aliphatic carbocycles. The molecule has 0 bridgehead atoms. The first kappa shape index (κ1) is 8.92. The van der Waals surface area contributed by atoms with Gasteiger partial charge in [0, 0.05) is 6.42 Å². The van der Waals surface area contributed by atoms with Crippen LogP contribution >= 0.6 is 0 Å². The minimum absolute atomic E-state index is 0.391. The van der Waals surface area contributed by atoms with E-state index in [0.717, 1.165) is 30.6 Å². The van der Waals surface area contributed by atoms with Crippen LogP contribution in [0.15, 0.2) is 18.2 Å². The van der Waals surface area contributed by atoms with Gasteiger partial charge in [0.15, 0.2) is 0 Å². The zero-order valence-electron chi connectivity index (χ0n) is 8.36. The Morgan fingerprint density at radius 3 is 2.87 bits per heavy atom. The SMILES string of the molecule is O=CC1(c2ccc3c(c2)CCO3)COC1. The van der Waals surface area contributed by atoms with E-state index in [-0.39, 0.29) is 0 Å². The van der Waals surface area contributed by atoms with Gasteiger partial charge in [-0.25, -0.2) is 0 Å². The summed E-state index contributed by atoms with van der Waals surface area (Å²) in [7, 11) is 0. The number of aldehydes is 1. The lowest BCUT2D eigenvalue weighted by atomic mass is 9.79. The molecule has 1 fully saturated rings. The van der Waals surface area contributed by atoms with Gasteiger partial charge < -0.3 is 14.3 Å². The van der Waals surface area contributed by atoms with Crippen LogP contribution in [0.5, 0.6) is 5.75 Å². The second-order valence-corrected chi connectivity index (χ2v) is 4.19. The highest BCUT2D eigenvalue weighted by molar-refractivity contribution is 5.71. The van der Waals surface area contributed by atoms with Crippen molar-refractivity contribution in [2.75, 3.05) is 19.8 Å². The second kappa shape index (κ2) is 3.07. The van der Waals surface area contributed by atoms with Crippen molar-refractivity contribution < 1.29 is 14.3 Å². The van der Waals surface area contributed by atoms with E-state index < -0.39 is 5.41 Å². The summed E-state index contributed by atoms with van der Waals surface area (Å²) >= 11 is 0. The van der Waals surface area contributed by atoms with Crippen molar-refractivity contribution >= 4 is 6.29 Å². The molecule has 0 radical (unpaired) electrons. The molecule has 3 rings (SSSR count). The van der Waals surface area contributed by atoms with Gasteiger partial charge in [0.1, 0.15) is 12.0 Å². The highest BCUT2D eigenvalue weighted by atomic mass is 16.5. The summed E-state index contributed by atoms with van der Waals surface area (Å²) in [5, 5.41) is 0. The van der Waals surface area contributed by atoms with Crippen LogP contribution in [-0.4, -0.2) is 26.1 Å². The standard InChI is InChI=1S/C12H12O3/c13-6-12(7-14-8-12)10-1-2-11-9(5-10)3-4-15-11/h1-2,5-6H,3-4,7-8H2. The summed E-state index contributed by atoms with van der Waals surface area (Å²) in [5.74, 6) is 0.958. The topological polar surface area (TPSA) is 35.5 Å². The Morgan fingerprint density at radius 1 is 1.33 bits per heavy atom. The molecule has 0 saturated carbocycles. The molecular weight excluding hydrogens is 192 g/mol. The van der Waals surface area contributed by atoms with Crippen molar-refractivity contribution in [1.29, 1.82) is 0 Å². The van der Waals surface area contributed by atoms with E-state index in [4.69, 9.17) is 9.47 Å². The highest BCUT2D eigenvalue weighted by Gasteiger charge is 2.40. The van der Waals surface area contributed by atoms with Crippen molar-refractivity contribution in [3.8, 4) is 5.75 Å². The summed E-state index contributed by atoms with van der Waals surface area (Å²) in [5.41, 5.74) is 1.88. The normalized spacial score (nSPS) is 21.3. The molecule has 15 heavy (non-hydrogen) atoms. The van der Waals surface area contributed by atoms with Crippen molar-refractivity contribution in [3.63, 3.8) is 0 Å². The zero-order chi connectivity index (χ0) is 10.3. The lowest BCUT2D eigenvalue weighted by molar-refractivity contribution is -0.129. The first-order valence-corrected chi connectivity index (χ1v) is 5.14. The molecule has 0 aromatic heterocycles. The smallest absolute Gasteiger partial charge is 0.135 e. The number of carbonyl (C=O) groups excluding carboxylic acids is 1. The number of hydrogen-bond acceptors (Lipinski definition) is 3. The van der Waals surface area contributed by atoms with Crippen LogP contribution in [0.4, 0.5) is 0 Å². The fraction of sp³-hybridized carbons (Fsp3) is 0.417. The van der Waals surface area contributed by atoms with E-state index in [9.17, 15) is 4.79 Å². The third-order valence-electron chi connectivity index (χ3n) is 3.21. The molecule has 0 atom stereocenters. The van der Waals surface area contributed by atoms with Gasteiger partial charge in [-0.05, 0) is 17.2 Å². The monoisotopic (exact) mass is 204 g/mol. The summed E-state index contributed by atoms with van der Waals surface area (Å²) in [6.07, 6.45) is 1.95. The summed E-state index contributed by atoms with van der Waals surface area (Å²) in [6, 6.07) is 6.02. The predicted octanol–water partition coefficient (Wildman–Crippen LogP) is 1.09. The van der Waals surface area contributed by atoms with Gasteiger partial charge in [0.25, 0.3) is 0 Å². The van der Waals surface area contributed by atoms with Crippen LogP contribution in [-0.2, 0) is 21.4 Å². The van der Waals surface area contributed by atoms with Crippen LogP contribution in [0.25, 0.3) is 0 Å². The van der Waals surface area contributed by atoms with E-state index in [2.05, 4.69) is 6.07 Å². The number of rotatable bonds is 2. The summed E-state index contributed by atoms with van der Waals surface area (Å²) < 4.78 is 10.6. The predicted molar refractivity (Wildman–Crippen MR) is 54.2 cm³/mol. The van der Waals surface area contributed by atoms with Gasteiger partial charge in [-0.3, -0.25) is 0 Å². The van der Waals surface area contributed by atoms with E-state index in [1.165, 1.54) is 5.56 Å². The quantitative estimate of drug-likeness (QED) is 0.676. The van der Waals surface area contributed by atoms with Crippen molar-refractivity contribution in [2.45, 2.75) is 11.8 Å². The molecule has 0 amide bonds. The van der Waals surface area contributed by atoms with Crippen LogP contribution in [0.1, 0.15) is 11.1 Å². The van der Waals surface area contributed by atoms with Crippen LogP contribution in [0.3, 0.4) is 0 Å². The third kappa shape index (κ3) is 1.20. The van der Waals surface area contributed by atoms with Crippen LogP contribution in [0.2, 0.25) is 0 Å². The van der Waals surface area contributed by atoms with E-state index in [1.807, 2.05) is 12.1 Å². The van der Waals surface area contributed by atoms with E-state index in [1.54, 1.807) is 0 Å². The minimum atomic E-state index is -0.391. The minimum Gasteiger partial charge on any atom is -0.493 e. The number of fused-ring (bicyclic) bond motifs is 1. The number of carbonyl (C=O) groups is 1. The molecule has 1 aromatic carbocycles. The highest BCUT2D eigenvalue weighted by Crippen LogP contribution is 2.34. The summed E-state index contributed by atoms with van der Waals surface area (Å²) in [6.45, 7) is 1.77. The molecular formula is C12H12O3. The number of ether oxygens (including phenoxy) is 2.